The van der Waals surface area contributed by atoms with E-state index in [1.54, 1.807) is 12.3 Å². The third-order valence-electron chi connectivity index (χ3n) is 3.37. The standard InChI is InChI=1S/C13H14N4O4/c1-8-2-3-17-11(15-8)9(6-14-17)12(18)16-4-5-21-10(7-16)13(19)20/h2-3,6,10H,4-5,7H2,1H3,(H,19,20). The number of carbonyl (C=O) groups is 2. The Bertz CT molecular complexity index is 711. The minimum atomic E-state index is -1.07. The summed E-state index contributed by atoms with van der Waals surface area (Å²) in [5, 5.41) is 13.1. The first-order valence-electron chi connectivity index (χ1n) is 6.51. The average Bonchev–Trinajstić information content (AvgIpc) is 2.89. The number of fused-ring (bicyclic) bond motifs is 1. The lowest BCUT2D eigenvalue weighted by Crippen LogP contribution is -2.48. The van der Waals surface area contributed by atoms with Crippen molar-refractivity contribution in [3.63, 3.8) is 0 Å². The number of hydrogen-bond donors (Lipinski definition) is 1. The number of carboxylic acids is 1. The zero-order valence-corrected chi connectivity index (χ0v) is 11.4. The highest BCUT2D eigenvalue weighted by Gasteiger charge is 2.30. The Hall–Kier alpha value is -2.48. The van der Waals surface area contributed by atoms with E-state index < -0.39 is 12.1 Å². The van der Waals surface area contributed by atoms with E-state index in [1.165, 1.54) is 15.6 Å². The van der Waals surface area contributed by atoms with Gasteiger partial charge in [0.1, 0.15) is 5.56 Å². The lowest BCUT2D eigenvalue weighted by Gasteiger charge is -2.30. The van der Waals surface area contributed by atoms with Crippen molar-refractivity contribution in [2.24, 2.45) is 0 Å². The minimum Gasteiger partial charge on any atom is -0.479 e. The third kappa shape index (κ3) is 2.45. The Balaban J connectivity index is 1.90. The number of carbonyl (C=O) groups excluding carboxylic acids is 1. The summed E-state index contributed by atoms with van der Waals surface area (Å²) in [5.41, 5.74) is 1.62. The maximum Gasteiger partial charge on any atom is 0.334 e. The number of ether oxygens (including phenoxy) is 1. The summed E-state index contributed by atoms with van der Waals surface area (Å²) >= 11 is 0. The van der Waals surface area contributed by atoms with Crippen molar-refractivity contribution >= 4 is 17.5 Å². The van der Waals surface area contributed by atoms with Crippen LogP contribution in [0, 0.1) is 6.92 Å². The second kappa shape index (κ2) is 5.13. The van der Waals surface area contributed by atoms with Crippen LogP contribution in [-0.4, -0.2) is 62.3 Å². The fourth-order valence-corrected chi connectivity index (χ4v) is 2.26. The molecular weight excluding hydrogens is 276 g/mol. The molecule has 0 bridgehead atoms. The second-order valence-electron chi connectivity index (χ2n) is 4.84. The number of aryl methyl sites for hydroxylation is 1. The molecule has 1 unspecified atom stereocenters. The number of amides is 1. The van der Waals surface area contributed by atoms with Crippen LogP contribution in [0.2, 0.25) is 0 Å². The highest BCUT2D eigenvalue weighted by Crippen LogP contribution is 2.14. The van der Waals surface area contributed by atoms with Gasteiger partial charge in [0.15, 0.2) is 11.8 Å². The van der Waals surface area contributed by atoms with Crippen LogP contribution in [0.3, 0.4) is 0 Å². The Morgan fingerprint density at radius 1 is 1.48 bits per heavy atom. The smallest absolute Gasteiger partial charge is 0.334 e. The van der Waals surface area contributed by atoms with E-state index in [-0.39, 0.29) is 19.1 Å². The van der Waals surface area contributed by atoms with Crippen molar-refractivity contribution < 1.29 is 19.4 Å². The predicted molar refractivity (Wildman–Crippen MR) is 71.0 cm³/mol. The van der Waals surface area contributed by atoms with Crippen LogP contribution in [0.1, 0.15) is 16.1 Å². The maximum absolute atomic E-state index is 12.5. The van der Waals surface area contributed by atoms with Crippen LogP contribution in [0.4, 0.5) is 0 Å². The lowest BCUT2D eigenvalue weighted by atomic mass is 10.2. The molecule has 0 radical (unpaired) electrons. The molecule has 0 saturated carbocycles. The molecule has 2 aromatic rings. The van der Waals surface area contributed by atoms with E-state index in [0.717, 1.165) is 5.69 Å². The topological polar surface area (TPSA) is 97.0 Å². The molecule has 1 atom stereocenters. The molecule has 1 aliphatic heterocycles. The Labute approximate surface area is 119 Å². The molecule has 0 spiro atoms. The summed E-state index contributed by atoms with van der Waals surface area (Å²) in [6.45, 7) is 2.41. The molecule has 3 heterocycles. The second-order valence-corrected chi connectivity index (χ2v) is 4.84. The van der Waals surface area contributed by atoms with Gasteiger partial charge in [0, 0.05) is 18.4 Å². The summed E-state index contributed by atoms with van der Waals surface area (Å²) < 4.78 is 6.64. The first kappa shape index (κ1) is 13.5. The normalized spacial score (nSPS) is 18.9. The maximum atomic E-state index is 12.5. The molecule has 0 aliphatic carbocycles. The molecule has 1 aliphatic rings. The van der Waals surface area contributed by atoms with E-state index in [1.807, 2.05) is 6.92 Å². The number of rotatable bonds is 2. The highest BCUT2D eigenvalue weighted by atomic mass is 16.5. The van der Waals surface area contributed by atoms with Crippen molar-refractivity contribution in [1.29, 1.82) is 0 Å². The largest absolute Gasteiger partial charge is 0.479 e. The quantitative estimate of drug-likeness (QED) is 0.833. The van der Waals surface area contributed by atoms with Crippen molar-refractivity contribution in [3.05, 3.63) is 29.7 Å². The molecule has 8 nitrogen and oxygen atoms in total. The SMILES string of the molecule is Cc1ccn2ncc(C(=O)N3CCOC(C(=O)O)C3)c2n1. The van der Waals surface area contributed by atoms with E-state index in [9.17, 15) is 9.59 Å². The van der Waals surface area contributed by atoms with Crippen LogP contribution >= 0.6 is 0 Å². The fraction of sp³-hybridized carbons (Fsp3) is 0.385. The fourth-order valence-electron chi connectivity index (χ4n) is 2.26. The van der Waals surface area contributed by atoms with Gasteiger partial charge in [0.2, 0.25) is 0 Å². The number of aliphatic carboxylic acids is 1. The molecule has 2 aromatic heterocycles. The number of hydrogen-bond acceptors (Lipinski definition) is 5. The Morgan fingerprint density at radius 2 is 2.29 bits per heavy atom. The zero-order valence-electron chi connectivity index (χ0n) is 11.4. The molecular formula is C13H14N4O4. The third-order valence-corrected chi connectivity index (χ3v) is 3.37. The molecule has 1 N–H and O–H groups in total. The minimum absolute atomic E-state index is 0.0251. The van der Waals surface area contributed by atoms with Crippen LogP contribution in [0.5, 0.6) is 0 Å². The van der Waals surface area contributed by atoms with Gasteiger partial charge in [-0.2, -0.15) is 5.10 Å². The van der Waals surface area contributed by atoms with Crippen molar-refractivity contribution in [3.8, 4) is 0 Å². The van der Waals surface area contributed by atoms with Gasteiger partial charge in [-0.1, -0.05) is 0 Å². The first-order valence-corrected chi connectivity index (χ1v) is 6.51. The van der Waals surface area contributed by atoms with Crippen LogP contribution < -0.4 is 0 Å². The summed E-state index contributed by atoms with van der Waals surface area (Å²) in [5.74, 6) is -1.35. The van der Waals surface area contributed by atoms with E-state index in [0.29, 0.717) is 17.8 Å². The van der Waals surface area contributed by atoms with Gasteiger partial charge < -0.3 is 14.7 Å². The highest BCUT2D eigenvalue weighted by molar-refractivity contribution is 5.99. The van der Waals surface area contributed by atoms with Gasteiger partial charge in [-0.3, -0.25) is 4.79 Å². The molecule has 21 heavy (non-hydrogen) atoms. The number of carboxylic acid groups (broad SMARTS) is 1. The van der Waals surface area contributed by atoms with Gasteiger partial charge in [-0.25, -0.2) is 14.3 Å². The summed E-state index contributed by atoms with van der Waals surface area (Å²) in [6, 6.07) is 1.80. The van der Waals surface area contributed by atoms with Crippen molar-refractivity contribution in [2.75, 3.05) is 19.7 Å². The molecule has 0 aromatic carbocycles. The number of aromatic nitrogens is 3. The molecule has 8 heteroatoms. The summed E-state index contributed by atoms with van der Waals surface area (Å²) in [4.78, 5) is 29.3. The van der Waals surface area contributed by atoms with Gasteiger partial charge in [0.05, 0.1) is 19.3 Å². The predicted octanol–water partition coefficient (Wildman–Crippen LogP) is -0.0367. The van der Waals surface area contributed by atoms with Gasteiger partial charge in [-0.15, -0.1) is 0 Å². The number of nitrogens with zero attached hydrogens (tertiary/aromatic N) is 4. The van der Waals surface area contributed by atoms with Gasteiger partial charge in [-0.05, 0) is 13.0 Å². The van der Waals surface area contributed by atoms with Crippen LogP contribution in [0.25, 0.3) is 5.65 Å². The molecule has 3 rings (SSSR count). The Morgan fingerprint density at radius 3 is 3.05 bits per heavy atom. The van der Waals surface area contributed by atoms with E-state index in [4.69, 9.17) is 9.84 Å². The van der Waals surface area contributed by atoms with Gasteiger partial charge in [0.25, 0.3) is 5.91 Å². The zero-order chi connectivity index (χ0) is 15.0. The molecule has 110 valence electrons. The monoisotopic (exact) mass is 290 g/mol. The van der Waals surface area contributed by atoms with Crippen LogP contribution in [0.15, 0.2) is 18.5 Å². The van der Waals surface area contributed by atoms with Crippen LogP contribution in [-0.2, 0) is 9.53 Å². The number of morpholine rings is 1. The van der Waals surface area contributed by atoms with E-state index >= 15 is 0 Å². The Kier molecular flexibility index (Phi) is 3.30. The molecule has 1 saturated heterocycles. The lowest BCUT2D eigenvalue weighted by molar-refractivity contribution is -0.154. The first-order chi connectivity index (χ1) is 10.1. The molecule has 1 fully saturated rings. The van der Waals surface area contributed by atoms with Crippen molar-refractivity contribution in [1.82, 2.24) is 19.5 Å². The van der Waals surface area contributed by atoms with Crippen molar-refractivity contribution in [2.45, 2.75) is 13.0 Å². The summed E-state index contributed by atoms with van der Waals surface area (Å²) in [7, 11) is 0. The average molecular weight is 290 g/mol. The van der Waals surface area contributed by atoms with E-state index in [2.05, 4.69) is 10.1 Å². The molecule has 1 amide bonds. The summed E-state index contributed by atoms with van der Waals surface area (Å²) in [6.07, 6.45) is 2.20. The van der Waals surface area contributed by atoms with Gasteiger partial charge >= 0.3 is 5.97 Å².